The van der Waals surface area contributed by atoms with Crippen LogP contribution in [0.3, 0.4) is 0 Å². The third-order valence-electron chi connectivity index (χ3n) is 3.49. The molecule has 2 unspecified atom stereocenters. The third-order valence-corrected chi connectivity index (χ3v) is 3.49. The average molecular weight is 250 g/mol. The molecule has 0 spiro atoms. The van der Waals surface area contributed by atoms with Gasteiger partial charge in [0.25, 0.3) is 0 Å². The lowest BCUT2D eigenvalue weighted by Crippen LogP contribution is -2.47. The quantitative estimate of drug-likeness (QED) is 0.871. The topological polar surface area (TPSA) is 46.3 Å². The lowest BCUT2D eigenvalue weighted by molar-refractivity contribution is -0.133. The monoisotopic (exact) mass is 250 g/mol. The molecule has 0 bridgehead atoms. The first-order chi connectivity index (χ1) is 8.58. The van der Waals surface area contributed by atoms with Gasteiger partial charge >= 0.3 is 0 Å². The van der Waals surface area contributed by atoms with Gasteiger partial charge in [-0.1, -0.05) is 12.1 Å². The molecule has 1 aliphatic rings. The number of likely N-dealkylation sites (tertiary alicyclic amines) is 1. The number of rotatable bonds is 2. The van der Waals surface area contributed by atoms with Crippen molar-refractivity contribution in [3.63, 3.8) is 0 Å². The lowest BCUT2D eigenvalue weighted by atomic mass is 9.97. The van der Waals surface area contributed by atoms with E-state index in [1.165, 1.54) is 12.1 Å². The second-order valence-corrected chi connectivity index (χ2v) is 4.96. The maximum absolute atomic E-state index is 13.2. The fourth-order valence-electron chi connectivity index (χ4n) is 2.40. The molecule has 2 rings (SSSR count). The zero-order valence-corrected chi connectivity index (χ0v) is 10.6. The van der Waals surface area contributed by atoms with Crippen LogP contribution in [0.5, 0.6) is 0 Å². The van der Waals surface area contributed by atoms with E-state index in [2.05, 4.69) is 0 Å². The summed E-state index contributed by atoms with van der Waals surface area (Å²) in [6.07, 6.45) is 1.92. The Morgan fingerprint density at radius 1 is 1.56 bits per heavy atom. The molecule has 0 saturated carbocycles. The highest BCUT2D eigenvalue weighted by atomic mass is 19.1. The van der Waals surface area contributed by atoms with Gasteiger partial charge in [-0.25, -0.2) is 4.39 Å². The van der Waals surface area contributed by atoms with Crippen LogP contribution in [-0.4, -0.2) is 29.9 Å². The minimum absolute atomic E-state index is 0.0377. The first-order valence-electron chi connectivity index (χ1n) is 6.38. The maximum atomic E-state index is 13.2. The van der Waals surface area contributed by atoms with Crippen LogP contribution in [0.2, 0.25) is 0 Å². The normalized spacial score (nSPS) is 21.7. The van der Waals surface area contributed by atoms with E-state index in [1.54, 1.807) is 17.0 Å². The van der Waals surface area contributed by atoms with Gasteiger partial charge in [-0.15, -0.1) is 0 Å². The summed E-state index contributed by atoms with van der Waals surface area (Å²) in [6, 6.07) is 6.30. The van der Waals surface area contributed by atoms with Crippen molar-refractivity contribution in [2.75, 3.05) is 13.1 Å². The van der Waals surface area contributed by atoms with Gasteiger partial charge < -0.3 is 10.6 Å². The van der Waals surface area contributed by atoms with Crippen LogP contribution in [0.25, 0.3) is 0 Å². The van der Waals surface area contributed by atoms with E-state index in [-0.39, 0.29) is 23.7 Å². The lowest BCUT2D eigenvalue weighted by Gasteiger charge is -2.32. The van der Waals surface area contributed by atoms with Crippen LogP contribution in [-0.2, 0) is 4.79 Å². The van der Waals surface area contributed by atoms with Gasteiger partial charge in [-0.3, -0.25) is 4.79 Å². The van der Waals surface area contributed by atoms with Crippen molar-refractivity contribution in [3.05, 3.63) is 35.6 Å². The van der Waals surface area contributed by atoms with Crippen LogP contribution in [0.4, 0.5) is 4.39 Å². The highest BCUT2D eigenvalue weighted by Gasteiger charge is 2.26. The Balaban J connectivity index is 2.08. The van der Waals surface area contributed by atoms with E-state index < -0.39 is 0 Å². The minimum atomic E-state index is -0.314. The van der Waals surface area contributed by atoms with Gasteiger partial charge in [0.05, 0.1) is 5.92 Å². The Morgan fingerprint density at radius 3 is 3.00 bits per heavy atom. The van der Waals surface area contributed by atoms with E-state index in [4.69, 9.17) is 5.73 Å². The molecule has 1 heterocycles. The minimum Gasteiger partial charge on any atom is -0.341 e. The van der Waals surface area contributed by atoms with E-state index in [0.717, 1.165) is 24.9 Å². The molecule has 98 valence electrons. The zero-order chi connectivity index (χ0) is 13.1. The van der Waals surface area contributed by atoms with Gasteiger partial charge in [0, 0.05) is 19.1 Å². The molecule has 0 radical (unpaired) electrons. The predicted molar refractivity (Wildman–Crippen MR) is 68.6 cm³/mol. The summed E-state index contributed by atoms with van der Waals surface area (Å²) < 4.78 is 13.2. The number of halogens is 1. The molecule has 0 aliphatic carbocycles. The number of hydrogen-bond donors (Lipinski definition) is 1. The van der Waals surface area contributed by atoms with Gasteiger partial charge in [0.1, 0.15) is 5.82 Å². The van der Waals surface area contributed by atoms with Crippen molar-refractivity contribution < 1.29 is 9.18 Å². The van der Waals surface area contributed by atoms with Crippen molar-refractivity contribution in [3.8, 4) is 0 Å². The smallest absolute Gasteiger partial charge is 0.229 e. The van der Waals surface area contributed by atoms with Crippen LogP contribution < -0.4 is 5.73 Å². The number of piperidine rings is 1. The second-order valence-electron chi connectivity index (χ2n) is 4.96. The molecule has 1 amide bonds. The fraction of sp³-hybridized carbons (Fsp3) is 0.500. The van der Waals surface area contributed by atoms with E-state index in [1.807, 2.05) is 6.92 Å². The van der Waals surface area contributed by atoms with E-state index in [9.17, 15) is 9.18 Å². The molecule has 0 aromatic heterocycles. The Kier molecular flexibility index (Phi) is 3.97. The summed E-state index contributed by atoms with van der Waals surface area (Å²) in [7, 11) is 0. The average Bonchev–Trinajstić information content (AvgIpc) is 2.37. The summed E-state index contributed by atoms with van der Waals surface area (Å²) in [5, 5.41) is 0. The van der Waals surface area contributed by atoms with E-state index in [0.29, 0.717) is 6.54 Å². The first kappa shape index (κ1) is 13.0. The molecular weight excluding hydrogens is 231 g/mol. The maximum Gasteiger partial charge on any atom is 0.229 e. The molecule has 1 aromatic carbocycles. The van der Waals surface area contributed by atoms with E-state index >= 15 is 0 Å². The molecule has 3 nitrogen and oxygen atoms in total. The molecular formula is C14H19FN2O. The molecule has 4 heteroatoms. The molecule has 2 N–H and O–H groups in total. The first-order valence-corrected chi connectivity index (χ1v) is 6.38. The van der Waals surface area contributed by atoms with Crippen LogP contribution in [0, 0.1) is 5.82 Å². The molecule has 2 atom stereocenters. The number of benzene rings is 1. The largest absolute Gasteiger partial charge is 0.341 e. The van der Waals surface area contributed by atoms with Crippen LogP contribution in [0.15, 0.2) is 24.3 Å². The number of nitrogens with two attached hydrogens (primary N) is 1. The number of carbonyl (C=O) groups excluding carboxylic acids is 1. The Hall–Kier alpha value is -1.42. The van der Waals surface area contributed by atoms with Crippen molar-refractivity contribution in [2.45, 2.75) is 31.7 Å². The Morgan fingerprint density at radius 2 is 2.33 bits per heavy atom. The number of hydrogen-bond acceptors (Lipinski definition) is 2. The number of nitrogens with zero attached hydrogens (tertiary/aromatic N) is 1. The fourth-order valence-corrected chi connectivity index (χ4v) is 2.40. The highest BCUT2D eigenvalue weighted by Crippen LogP contribution is 2.21. The highest BCUT2D eigenvalue weighted by molar-refractivity contribution is 5.83. The SMILES string of the molecule is CC(C(=O)N1CCCC(N)C1)c1cccc(F)c1. The van der Waals surface area contributed by atoms with Crippen molar-refractivity contribution in [1.82, 2.24) is 4.90 Å². The molecule has 1 aromatic rings. The summed E-state index contributed by atoms with van der Waals surface area (Å²) in [5.74, 6) is -0.579. The standard InChI is InChI=1S/C14H19FN2O/c1-10(11-4-2-5-12(15)8-11)14(18)17-7-3-6-13(16)9-17/h2,4-5,8,10,13H,3,6-7,9,16H2,1H3. The van der Waals surface area contributed by atoms with Crippen molar-refractivity contribution in [2.24, 2.45) is 5.73 Å². The Bertz CT molecular complexity index is 436. The third kappa shape index (κ3) is 2.88. The Labute approximate surface area is 107 Å². The molecule has 1 saturated heterocycles. The van der Waals surface area contributed by atoms with Gasteiger partial charge in [0.2, 0.25) is 5.91 Å². The summed E-state index contributed by atoms with van der Waals surface area (Å²) >= 11 is 0. The van der Waals surface area contributed by atoms with Crippen molar-refractivity contribution in [1.29, 1.82) is 0 Å². The van der Waals surface area contributed by atoms with Crippen molar-refractivity contribution >= 4 is 5.91 Å². The molecule has 1 fully saturated rings. The van der Waals surface area contributed by atoms with Crippen LogP contribution in [0.1, 0.15) is 31.2 Å². The van der Waals surface area contributed by atoms with Gasteiger partial charge in [0.15, 0.2) is 0 Å². The summed E-state index contributed by atoms with van der Waals surface area (Å²) in [5.41, 5.74) is 6.59. The summed E-state index contributed by atoms with van der Waals surface area (Å²) in [6.45, 7) is 3.18. The summed E-state index contributed by atoms with van der Waals surface area (Å²) in [4.78, 5) is 14.1. The zero-order valence-electron chi connectivity index (χ0n) is 10.6. The van der Waals surface area contributed by atoms with Gasteiger partial charge in [-0.05, 0) is 37.5 Å². The predicted octanol–water partition coefficient (Wildman–Crippen LogP) is 1.88. The second kappa shape index (κ2) is 5.48. The molecule has 1 aliphatic heterocycles. The number of amides is 1. The number of carbonyl (C=O) groups is 1. The van der Waals surface area contributed by atoms with Gasteiger partial charge in [-0.2, -0.15) is 0 Å². The molecule has 18 heavy (non-hydrogen) atoms. The van der Waals surface area contributed by atoms with Crippen LogP contribution >= 0.6 is 0 Å².